The summed E-state index contributed by atoms with van der Waals surface area (Å²) >= 11 is 0. The molecule has 0 bridgehead atoms. The summed E-state index contributed by atoms with van der Waals surface area (Å²) in [6.45, 7) is 0. The van der Waals surface area contributed by atoms with Crippen LogP contribution in [0.15, 0.2) is 467 Å². The molecule has 0 amide bonds. The number of nitrogens with zero attached hydrogens (tertiary/aromatic N) is 3. The molecule has 3 heteroatoms. The zero-order valence-corrected chi connectivity index (χ0v) is 66.3. The Labute approximate surface area is 700 Å². The third kappa shape index (κ3) is 11.7. The van der Waals surface area contributed by atoms with E-state index in [1.807, 2.05) is 0 Å². The molecule has 0 unspecified atom stereocenters. The van der Waals surface area contributed by atoms with Crippen molar-refractivity contribution in [1.82, 2.24) is 13.7 Å². The summed E-state index contributed by atoms with van der Waals surface area (Å²) in [4.78, 5) is 0. The predicted molar refractivity (Wildman–Crippen MR) is 518 cm³/mol. The van der Waals surface area contributed by atoms with Crippen molar-refractivity contribution in [3.8, 4) is 83.8 Å². The lowest BCUT2D eigenvalue weighted by Gasteiger charge is -2.18. The molecule has 0 aliphatic heterocycles. The number of benzene rings is 22. The normalized spacial score (nSPS) is 11.6. The Balaban J connectivity index is 0.000000106. The Morgan fingerprint density at radius 1 is 0.124 bits per heavy atom. The van der Waals surface area contributed by atoms with Gasteiger partial charge in [0, 0.05) is 49.4 Å². The molecule has 0 aliphatic rings. The second kappa shape index (κ2) is 29.7. The summed E-state index contributed by atoms with van der Waals surface area (Å²) in [6.07, 6.45) is 0. The van der Waals surface area contributed by atoms with Crippen molar-refractivity contribution in [2.24, 2.45) is 0 Å². The maximum atomic E-state index is 2.43. The predicted octanol–water partition coefficient (Wildman–Crippen LogP) is 32.4. The van der Waals surface area contributed by atoms with Gasteiger partial charge in [-0.2, -0.15) is 0 Å². The summed E-state index contributed by atoms with van der Waals surface area (Å²) in [6, 6.07) is 169. The Bertz CT molecular complexity index is 8170. The van der Waals surface area contributed by atoms with Gasteiger partial charge in [0.1, 0.15) is 0 Å². The second-order valence-corrected chi connectivity index (χ2v) is 31.5. The van der Waals surface area contributed by atoms with Gasteiger partial charge in [0.15, 0.2) is 0 Å². The molecule has 22 aromatic carbocycles. The van der Waals surface area contributed by atoms with Crippen LogP contribution in [0, 0.1) is 0 Å². The highest BCUT2D eigenvalue weighted by Crippen LogP contribution is 2.51. The fourth-order valence-electron chi connectivity index (χ4n) is 19.9. The third-order valence-electron chi connectivity index (χ3n) is 24.9. The van der Waals surface area contributed by atoms with Crippen LogP contribution in [-0.2, 0) is 0 Å². The fraction of sp³-hybridized carbons (Fsp3) is 0. The van der Waals surface area contributed by atoms with Crippen molar-refractivity contribution in [2.45, 2.75) is 0 Å². The van der Waals surface area contributed by atoms with Gasteiger partial charge < -0.3 is 13.7 Å². The number of hydrogen-bond donors (Lipinski definition) is 0. The molecule has 0 saturated carbocycles. The first-order valence-electron chi connectivity index (χ1n) is 41.8. The fourth-order valence-corrected chi connectivity index (χ4v) is 19.9. The van der Waals surface area contributed by atoms with Gasteiger partial charge in [-0.05, 0) is 221 Å². The van der Waals surface area contributed by atoms with Gasteiger partial charge in [-0.1, -0.05) is 388 Å². The van der Waals surface area contributed by atoms with Crippen LogP contribution in [0.1, 0.15) is 0 Å². The van der Waals surface area contributed by atoms with Crippen LogP contribution < -0.4 is 0 Å². The first-order chi connectivity index (χ1) is 60.1. The number of rotatable bonds is 9. The molecule has 0 aliphatic carbocycles. The Morgan fingerprint density at radius 3 is 0.826 bits per heavy atom. The van der Waals surface area contributed by atoms with Crippen LogP contribution in [0.3, 0.4) is 0 Å². The molecule has 3 heterocycles. The Kier molecular flexibility index (Phi) is 17.3. The van der Waals surface area contributed by atoms with E-state index in [0.717, 1.165) is 0 Å². The number of fused-ring (bicyclic) bond motifs is 17. The average Bonchev–Trinajstić information content (AvgIpc) is 1.67. The van der Waals surface area contributed by atoms with E-state index in [-0.39, 0.29) is 0 Å². The molecule has 0 atom stereocenters. The van der Waals surface area contributed by atoms with E-state index in [4.69, 9.17) is 0 Å². The minimum absolute atomic E-state index is 1.17. The third-order valence-corrected chi connectivity index (χ3v) is 24.9. The van der Waals surface area contributed by atoms with Crippen molar-refractivity contribution in [1.29, 1.82) is 0 Å². The quantitative estimate of drug-likeness (QED) is 0.128. The number of hydrogen-bond acceptors (Lipinski definition) is 0. The van der Waals surface area contributed by atoms with E-state index in [0.29, 0.717) is 0 Å². The lowest BCUT2D eigenvalue weighted by Crippen LogP contribution is -1.94. The number of aromatic nitrogens is 3. The molecule has 3 nitrogen and oxygen atoms in total. The molecule has 121 heavy (non-hydrogen) atoms. The molecule has 564 valence electrons. The van der Waals surface area contributed by atoms with Crippen LogP contribution in [0.25, 0.3) is 225 Å². The molecule has 0 radical (unpaired) electrons. The van der Waals surface area contributed by atoms with Gasteiger partial charge in [0.25, 0.3) is 0 Å². The summed E-state index contributed by atoms with van der Waals surface area (Å²) in [5, 5.41) is 25.6. The largest absolute Gasteiger partial charge is 0.309 e. The molecule has 0 N–H and O–H groups in total. The topological polar surface area (TPSA) is 14.8 Å². The molecule has 0 spiro atoms. The summed E-state index contributed by atoms with van der Waals surface area (Å²) in [7, 11) is 0. The van der Waals surface area contributed by atoms with Gasteiger partial charge in [-0.15, -0.1) is 0 Å². The van der Waals surface area contributed by atoms with Crippen LogP contribution in [0.2, 0.25) is 0 Å². The molecular weight excluding hydrogens is 1460 g/mol. The van der Waals surface area contributed by atoms with Crippen molar-refractivity contribution in [3.05, 3.63) is 467 Å². The van der Waals surface area contributed by atoms with Crippen LogP contribution in [0.5, 0.6) is 0 Å². The van der Waals surface area contributed by atoms with Crippen LogP contribution in [0.4, 0.5) is 0 Å². The van der Waals surface area contributed by atoms with E-state index < -0.39 is 0 Å². The highest BCUT2D eigenvalue weighted by molar-refractivity contribution is 6.29. The molecule has 25 aromatic rings. The van der Waals surface area contributed by atoms with E-state index in [1.54, 1.807) is 0 Å². The lowest BCUT2D eigenvalue weighted by atomic mass is 9.85. The molecule has 0 fully saturated rings. The van der Waals surface area contributed by atoms with E-state index in [1.165, 1.54) is 225 Å². The summed E-state index contributed by atoms with van der Waals surface area (Å²) in [5.74, 6) is 0. The minimum atomic E-state index is 1.17. The molecule has 0 saturated heterocycles. The highest BCUT2D eigenvalue weighted by Gasteiger charge is 2.25. The van der Waals surface area contributed by atoms with Crippen molar-refractivity contribution < 1.29 is 0 Å². The SMILES string of the molecule is c1ccc(-c2c3ccccc3c(-c3ccc4c(c3)c3ccccc3n4-c3ccccc3)c3ccccc23)cc1.c1ccc(-c2c3ccccc3c(-c3ccc4c5c6ccccc6ccc5n(-c5ccccc5)c4c3)c3ccccc23)cc1.c1ccc(-c2c3ccccc3c(-c3cccc4c3c3ccccc3n4-c3ccccc3)c3ccccc23)cc1. The smallest absolute Gasteiger partial charge is 0.0547 e. The summed E-state index contributed by atoms with van der Waals surface area (Å²) < 4.78 is 7.21. The molecule has 3 aromatic heterocycles. The molecule has 25 rings (SSSR count). The zero-order chi connectivity index (χ0) is 79.9. The van der Waals surface area contributed by atoms with Gasteiger partial charge >= 0.3 is 0 Å². The van der Waals surface area contributed by atoms with Crippen LogP contribution >= 0.6 is 0 Å². The summed E-state index contributed by atoms with van der Waals surface area (Å²) in [5.41, 5.74) is 26.1. The monoisotopic (exact) mass is 1540 g/mol. The van der Waals surface area contributed by atoms with Crippen molar-refractivity contribution >= 4 is 141 Å². The van der Waals surface area contributed by atoms with Crippen LogP contribution in [-0.4, -0.2) is 13.7 Å². The highest BCUT2D eigenvalue weighted by atomic mass is 15.0. The Morgan fingerprint density at radius 2 is 0.397 bits per heavy atom. The average molecular weight is 1540 g/mol. The maximum Gasteiger partial charge on any atom is 0.0547 e. The number of para-hydroxylation sites is 5. The van der Waals surface area contributed by atoms with E-state index in [2.05, 4.69) is 481 Å². The Hall–Kier alpha value is -15.9. The standard InChI is InChI=1S/C42H27N.2C38H25N/c1-3-14-29(15-4-1)40-33-19-9-11-21-35(33)41(36-22-12-10-20-34(36)40)30-23-25-37-39(27-30)43(31-16-5-2-6-17-31)38-26-24-28-13-7-8-18-32(28)42(37)38;1-3-14-26(15-4-1)36-28-18-7-9-20-30(28)37(31-21-10-8-19-29(31)36)33-23-13-25-35-38(33)32-22-11-12-24-34(32)39(35)27-16-5-2-6-17-27;1-3-13-26(14-4-1)37-30-18-7-9-20-32(30)38(33-21-10-8-19-31(33)37)27-23-24-36-34(25-27)29-17-11-12-22-35(29)39(36)28-15-5-2-6-16-28/h1-27H;2*1-25H. The van der Waals surface area contributed by atoms with E-state index >= 15 is 0 Å². The lowest BCUT2D eigenvalue weighted by molar-refractivity contribution is 1.18. The van der Waals surface area contributed by atoms with E-state index in [9.17, 15) is 0 Å². The maximum absolute atomic E-state index is 2.43. The van der Waals surface area contributed by atoms with Crippen molar-refractivity contribution in [2.75, 3.05) is 0 Å². The first kappa shape index (κ1) is 70.5. The van der Waals surface area contributed by atoms with Gasteiger partial charge in [0.2, 0.25) is 0 Å². The van der Waals surface area contributed by atoms with Crippen molar-refractivity contribution in [3.63, 3.8) is 0 Å². The minimum Gasteiger partial charge on any atom is -0.309 e. The molecular formula is C118H77N3. The first-order valence-corrected chi connectivity index (χ1v) is 41.8. The van der Waals surface area contributed by atoms with Gasteiger partial charge in [0.05, 0.1) is 33.1 Å². The second-order valence-electron chi connectivity index (χ2n) is 31.5. The zero-order valence-electron chi connectivity index (χ0n) is 66.3. The van der Waals surface area contributed by atoms with Gasteiger partial charge in [-0.25, -0.2) is 0 Å². The van der Waals surface area contributed by atoms with Gasteiger partial charge in [-0.3, -0.25) is 0 Å².